The summed E-state index contributed by atoms with van der Waals surface area (Å²) < 4.78 is 6.69. The van der Waals surface area contributed by atoms with Crippen molar-refractivity contribution in [3.05, 3.63) is 188 Å². The quantitative estimate of drug-likeness (QED) is 0.137. The number of hydrogen-bond acceptors (Lipinski definition) is 2. The van der Waals surface area contributed by atoms with Crippen molar-refractivity contribution < 1.29 is 4.42 Å². The summed E-state index contributed by atoms with van der Waals surface area (Å²) in [5.41, 5.74) is 9.97. The third-order valence-corrected chi connectivity index (χ3v) is 10.9. The molecule has 0 aliphatic carbocycles. The minimum atomic E-state index is 0.633. The summed E-state index contributed by atoms with van der Waals surface area (Å²) in [5, 5.41) is 11.9. The lowest BCUT2D eigenvalue weighted by Gasteiger charge is -2.20. The lowest BCUT2D eigenvalue weighted by Crippen LogP contribution is -1.93. The number of nitrogens with zero attached hydrogens (tertiary/aromatic N) is 1. The summed E-state index contributed by atoms with van der Waals surface area (Å²) >= 11 is 0. The molecule has 0 aliphatic rings. The van der Waals surface area contributed by atoms with Gasteiger partial charge in [-0.2, -0.15) is 0 Å². The van der Waals surface area contributed by atoms with Gasteiger partial charge in [-0.15, -0.1) is 0 Å². The van der Waals surface area contributed by atoms with Crippen LogP contribution in [0.5, 0.6) is 0 Å². The number of rotatable bonds is 4. The zero-order valence-electron chi connectivity index (χ0n) is 28.8. The number of aromatic nitrogens is 1. The molecule has 10 aromatic carbocycles. The first-order chi connectivity index (χ1) is 26.3. The molecule has 246 valence electrons. The van der Waals surface area contributed by atoms with E-state index >= 15 is 0 Å². The van der Waals surface area contributed by atoms with Crippen molar-refractivity contribution >= 4 is 65.0 Å². The minimum absolute atomic E-state index is 0.633. The standard InChI is InChI=1S/C51H31NO/c1-3-14-32(15-4-1)35-27-26-33-19-13-25-42(44(33)30-35)47-38-21-9-11-23-40(38)48(41-24-12-10-22-39(41)47)45-31-36-18-7-8-20-37(36)49-43(45)28-29-46-50(49)53-51(52-46)34-16-5-2-6-17-34/h1-31H. The van der Waals surface area contributed by atoms with Gasteiger partial charge in [-0.05, 0) is 112 Å². The van der Waals surface area contributed by atoms with Gasteiger partial charge in [0.05, 0.1) is 0 Å². The van der Waals surface area contributed by atoms with Gasteiger partial charge in [0.25, 0.3) is 0 Å². The molecule has 1 aromatic heterocycles. The summed E-state index contributed by atoms with van der Waals surface area (Å²) in [4.78, 5) is 4.97. The average molecular weight is 674 g/mol. The summed E-state index contributed by atoms with van der Waals surface area (Å²) in [6, 6.07) is 67.6. The molecule has 0 atom stereocenters. The molecule has 0 fully saturated rings. The van der Waals surface area contributed by atoms with Crippen LogP contribution >= 0.6 is 0 Å². The molecular weight excluding hydrogens is 643 g/mol. The second-order valence-electron chi connectivity index (χ2n) is 13.8. The Balaban J connectivity index is 1.24. The fourth-order valence-corrected chi connectivity index (χ4v) is 8.49. The van der Waals surface area contributed by atoms with Gasteiger partial charge >= 0.3 is 0 Å². The van der Waals surface area contributed by atoms with Gasteiger partial charge in [-0.25, -0.2) is 4.98 Å². The third-order valence-electron chi connectivity index (χ3n) is 10.9. The Kier molecular flexibility index (Phi) is 6.59. The molecule has 0 spiro atoms. The highest BCUT2D eigenvalue weighted by Crippen LogP contribution is 2.49. The van der Waals surface area contributed by atoms with E-state index < -0.39 is 0 Å². The first-order valence-corrected chi connectivity index (χ1v) is 18.1. The molecule has 2 heteroatoms. The highest BCUT2D eigenvalue weighted by Gasteiger charge is 2.22. The van der Waals surface area contributed by atoms with Crippen LogP contribution < -0.4 is 0 Å². The molecule has 2 nitrogen and oxygen atoms in total. The molecule has 1 heterocycles. The maximum atomic E-state index is 6.69. The van der Waals surface area contributed by atoms with Crippen molar-refractivity contribution in [2.45, 2.75) is 0 Å². The lowest BCUT2D eigenvalue weighted by atomic mass is 9.82. The second-order valence-corrected chi connectivity index (χ2v) is 13.8. The van der Waals surface area contributed by atoms with Crippen LogP contribution in [0.1, 0.15) is 0 Å². The molecule has 0 bridgehead atoms. The van der Waals surface area contributed by atoms with Crippen LogP contribution in [0.4, 0.5) is 0 Å². The number of hydrogen-bond donors (Lipinski definition) is 0. The molecular formula is C51H31NO. The Bertz CT molecular complexity index is 3160. The van der Waals surface area contributed by atoms with Crippen molar-refractivity contribution in [1.29, 1.82) is 0 Å². The summed E-state index contributed by atoms with van der Waals surface area (Å²) in [6.45, 7) is 0. The lowest BCUT2D eigenvalue weighted by molar-refractivity contribution is 0.623. The summed E-state index contributed by atoms with van der Waals surface area (Å²) in [5.74, 6) is 0.633. The van der Waals surface area contributed by atoms with Gasteiger partial charge < -0.3 is 4.42 Å². The van der Waals surface area contributed by atoms with Gasteiger partial charge in [0.1, 0.15) is 5.52 Å². The molecule has 0 amide bonds. The van der Waals surface area contributed by atoms with Crippen molar-refractivity contribution in [2.75, 3.05) is 0 Å². The van der Waals surface area contributed by atoms with Crippen LogP contribution in [0.3, 0.4) is 0 Å². The van der Waals surface area contributed by atoms with E-state index in [2.05, 4.69) is 170 Å². The molecule has 0 saturated heterocycles. The first-order valence-electron chi connectivity index (χ1n) is 18.1. The number of benzene rings is 10. The van der Waals surface area contributed by atoms with E-state index in [0.717, 1.165) is 32.8 Å². The largest absolute Gasteiger partial charge is 0.435 e. The van der Waals surface area contributed by atoms with Gasteiger partial charge in [-0.1, -0.05) is 158 Å². The molecule has 0 radical (unpaired) electrons. The maximum Gasteiger partial charge on any atom is 0.227 e. The normalized spacial score (nSPS) is 11.8. The second kappa shape index (κ2) is 11.8. The van der Waals surface area contributed by atoms with E-state index in [0.29, 0.717) is 5.89 Å². The van der Waals surface area contributed by atoms with E-state index in [1.807, 2.05) is 18.2 Å². The fourth-order valence-electron chi connectivity index (χ4n) is 8.49. The molecule has 53 heavy (non-hydrogen) atoms. The van der Waals surface area contributed by atoms with E-state index in [9.17, 15) is 0 Å². The zero-order chi connectivity index (χ0) is 34.9. The van der Waals surface area contributed by atoms with Crippen molar-refractivity contribution in [3.63, 3.8) is 0 Å². The van der Waals surface area contributed by atoms with E-state index in [1.165, 1.54) is 71.1 Å². The van der Waals surface area contributed by atoms with Crippen LogP contribution in [0.15, 0.2) is 192 Å². The highest BCUT2D eigenvalue weighted by atomic mass is 16.3. The SMILES string of the molecule is c1ccc(-c2ccc3cccc(-c4c5ccccc5c(-c5cc6ccccc6c6c5ccc5nc(-c7ccccc7)oc56)c5ccccc45)c3c2)cc1. The van der Waals surface area contributed by atoms with Gasteiger partial charge in [0.2, 0.25) is 5.89 Å². The van der Waals surface area contributed by atoms with Crippen molar-refractivity contribution in [2.24, 2.45) is 0 Å². The number of fused-ring (bicyclic) bond motifs is 8. The topological polar surface area (TPSA) is 26.0 Å². The average Bonchev–Trinajstić information content (AvgIpc) is 3.68. The van der Waals surface area contributed by atoms with Crippen LogP contribution in [0.25, 0.3) is 110 Å². The van der Waals surface area contributed by atoms with Crippen molar-refractivity contribution in [1.82, 2.24) is 4.98 Å². The monoisotopic (exact) mass is 673 g/mol. The zero-order valence-corrected chi connectivity index (χ0v) is 28.8. The van der Waals surface area contributed by atoms with Crippen LogP contribution in [-0.2, 0) is 0 Å². The Labute approximate surface area is 306 Å². The molecule has 0 saturated carbocycles. The van der Waals surface area contributed by atoms with Gasteiger partial charge in [0, 0.05) is 10.9 Å². The van der Waals surface area contributed by atoms with Crippen LogP contribution in [0, 0.1) is 0 Å². The summed E-state index contributed by atoms with van der Waals surface area (Å²) in [6.07, 6.45) is 0. The van der Waals surface area contributed by atoms with E-state index in [4.69, 9.17) is 9.40 Å². The predicted octanol–water partition coefficient (Wildman–Crippen LogP) is 14.3. The van der Waals surface area contributed by atoms with Crippen LogP contribution in [-0.4, -0.2) is 4.98 Å². The van der Waals surface area contributed by atoms with Crippen LogP contribution in [0.2, 0.25) is 0 Å². The molecule has 0 N–H and O–H groups in total. The van der Waals surface area contributed by atoms with Crippen molar-refractivity contribution in [3.8, 4) is 44.8 Å². The molecule has 0 aliphatic heterocycles. The maximum absolute atomic E-state index is 6.69. The Morgan fingerprint density at radius 2 is 0.925 bits per heavy atom. The fraction of sp³-hybridized carbons (Fsp3) is 0. The molecule has 11 rings (SSSR count). The third kappa shape index (κ3) is 4.63. The van der Waals surface area contributed by atoms with E-state index in [1.54, 1.807) is 0 Å². The Hall–Kier alpha value is -7.03. The predicted molar refractivity (Wildman–Crippen MR) is 223 cm³/mol. The Morgan fingerprint density at radius 1 is 0.340 bits per heavy atom. The smallest absolute Gasteiger partial charge is 0.227 e. The minimum Gasteiger partial charge on any atom is -0.435 e. The number of oxazole rings is 1. The van der Waals surface area contributed by atoms with E-state index in [-0.39, 0.29) is 0 Å². The Morgan fingerprint density at radius 3 is 1.62 bits per heavy atom. The first kappa shape index (κ1) is 29.7. The summed E-state index contributed by atoms with van der Waals surface area (Å²) in [7, 11) is 0. The highest BCUT2D eigenvalue weighted by molar-refractivity contribution is 6.29. The van der Waals surface area contributed by atoms with Gasteiger partial charge in [-0.3, -0.25) is 0 Å². The van der Waals surface area contributed by atoms with Gasteiger partial charge in [0.15, 0.2) is 5.58 Å². The molecule has 11 aromatic rings. The molecule has 0 unspecified atom stereocenters.